The molecule has 2 aromatic carbocycles. The third-order valence-corrected chi connectivity index (χ3v) is 5.83. The highest BCUT2D eigenvalue weighted by molar-refractivity contribution is 7.87. The van der Waals surface area contributed by atoms with Gasteiger partial charge in [-0.25, -0.2) is 0 Å². The number of nitrogens with zero attached hydrogens (tertiary/aromatic N) is 1. The van der Waals surface area contributed by atoms with Crippen molar-refractivity contribution in [1.29, 1.82) is 0 Å². The monoisotopic (exact) mass is 415 g/mol. The van der Waals surface area contributed by atoms with Crippen LogP contribution >= 0.6 is 0 Å². The van der Waals surface area contributed by atoms with Gasteiger partial charge in [-0.3, -0.25) is 0 Å². The van der Waals surface area contributed by atoms with Gasteiger partial charge < -0.3 is 14.0 Å². The summed E-state index contributed by atoms with van der Waals surface area (Å²) < 4.78 is 67.9. The fourth-order valence-corrected chi connectivity index (χ4v) is 4.17. The zero-order chi connectivity index (χ0) is 20.2. The van der Waals surface area contributed by atoms with E-state index in [9.17, 15) is 21.6 Å². The van der Waals surface area contributed by atoms with Crippen LogP contribution in [0.1, 0.15) is 5.56 Å². The van der Waals surface area contributed by atoms with Crippen LogP contribution in [0.3, 0.4) is 0 Å². The fourth-order valence-electron chi connectivity index (χ4n) is 3.14. The molecule has 2 aromatic rings. The first-order valence-corrected chi connectivity index (χ1v) is 10.5. The van der Waals surface area contributed by atoms with Crippen molar-refractivity contribution in [2.75, 3.05) is 43.4 Å². The van der Waals surface area contributed by atoms with Crippen LogP contribution in [0.2, 0.25) is 0 Å². The van der Waals surface area contributed by atoms with Gasteiger partial charge in [0.25, 0.3) is 0 Å². The van der Waals surface area contributed by atoms with E-state index in [0.29, 0.717) is 38.4 Å². The maximum absolute atomic E-state index is 12.9. The van der Waals surface area contributed by atoms with Gasteiger partial charge in [0.1, 0.15) is 11.5 Å². The van der Waals surface area contributed by atoms with Crippen molar-refractivity contribution >= 4 is 15.8 Å². The van der Waals surface area contributed by atoms with E-state index >= 15 is 0 Å². The summed E-state index contributed by atoms with van der Waals surface area (Å²) in [4.78, 5) is 2.98. The van der Waals surface area contributed by atoms with Crippen LogP contribution in [0.15, 0.2) is 54.6 Å². The highest BCUT2D eigenvalue weighted by Crippen LogP contribution is 2.31. The van der Waals surface area contributed by atoms with E-state index < -0.39 is 21.9 Å². The lowest BCUT2D eigenvalue weighted by Gasteiger charge is -2.33. The molecule has 1 aliphatic rings. The first-order chi connectivity index (χ1) is 13.2. The van der Waals surface area contributed by atoms with Gasteiger partial charge in [-0.2, -0.15) is 21.6 Å². The Morgan fingerprint density at radius 2 is 1.68 bits per heavy atom. The molecule has 0 saturated carbocycles. The van der Waals surface area contributed by atoms with Gasteiger partial charge in [0.05, 0.1) is 38.3 Å². The number of benzene rings is 2. The molecule has 0 aliphatic carbocycles. The highest BCUT2D eigenvalue weighted by Gasteiger charge is 2.31. The number of anilines is 1. The Labute approximate surface area is 162 Å². The van der Waals surface area contributed by atoms with Crippen molar-refractivity contribution in [2.45, 2.75) is 6.18 Å². The molecule has 0 radical (unpaired) electrons. The first-order valence-electron chi connectivity index (χ1n) is 8.96. The van der Waals surface area contributed by atoms with Crippen LogP contribution in [0.5, 0.6) is 5.75 Å². The average Bonchev–Trinajstić information content (AvgIpc) is 2.67. The predicted molar refractivity (Wildman–Crippen MR) is 100 cm³/mol. The molecule has 0 unspecified atom stereocenters. The summed E-state index contributed by atoms with van der Waals surface area (Å²) >= 11 is 0. The smallest absolute Gasteiger partial charge is 0.382 e. The molecule has 0 aromatic heterocycles. The Kier molecular flexibility index (Phi) is 6.14. The zero-order valence-corrected chi connectivity index (χ0v) is 16.0. The molecule has 1 heterocycles. The van der Waals surface area contributed by atoms with Gasteiger partial charge in [-0.15, -0.1) is 0 Å². The second-order valence-corrected chi connectivity index (χ2v) is 8.38. The number of para-hydroxylation sites is 1. The quantitative estimate of drug-likeness (QED) is 0.732. The van der Waals surface area contributed by atoms with Crippen LogP contribution in [0, 0.1) is 0 Å². The van der Waals surface area contributed by atoms with Crippen molar-refractivity contribution in [3.8, 4) is 5.75 Å². The molecule has 9 heteroatoms. The molecule has 0 atom stereocenters. The number of nitrogens with one attached hydrogen (secondary N) is 1. The molecular formula is C19H22F3N2O3S+. The van der Waals surface area contributed by atoms with Gasteiger partial charge in [-0.05, 0) is 30.3 Å². The largest absolute Gasteiger partial charge is 0.416 e. The van der Waals surface area contributed by atoms with E-state index in [1.54, 1.807) is 36.4 Å². The third kappa shape index (κ3) is 5.62. The summed E-state index contributed by atoms with van der Waals surface area (Å²) in [5, 5.41) is 0. The summed E-state index contributed by atoms with van der Waals surface area (Å²) in [7, 11) is -3.68. The normalized spacial score (nSPS) is 16.2. The van der Waals surface area contributed by atoms with E-state index in [-0.39, 0.29) is 11.5 Å². The number of hydrogen-bond donors (Lipinski definition) is 1. The van der Waals surface area contributed by atoms with E-state index in [2.05, 4.69) is 0 Å². The number of alkyl halides is 3. The molecule has 5 nitrogen and oxygen atoms in total. The van der Waals surface area contributed by atoms with Crippen molar-refractivity contribution in [3.05, 3.63) is 60.2 Å². The Hall–Kier alpha value is -2.26. The summed E-state index contributed by atoms with van der Waals surface area (Å²) in [6, 6.07) is 13.6. The summed E-state index contributed by atoms with van der Waals surface area (Å²) in [5.41, 5.74) is -0.127. The molecular weight excluding hydrogens is 393 g/mol. The van der Waals surface area contributed by atoms with Gasteiger partial charge >= 0.3 is 16.3 Å². The molecule has 3 rings (SSSR count). The molecule has 1 aliphatic heterocycles. The van der Waals surface area contributed by atoms with Crippen LogP contribution in [-0.4, -0.2) is 46.9 Å². The second kappa shape index (κ2) is 8.40. The molecule has 0 spiro atoms. The predicted octanol–water partition coefficient (Wildman–Crippen LogP) is 1.82. The topological polar surface area (TPSA) is 51.0 Å². The minimum atomic E-state index is -4.36. The minimum absolute atomic E-state index is 0.110. The minimum Gasteiger partial charge on any atom is -0.382 e. The third-order valence-electron chi connectivity index (χ3n) is 4.68. The molecule has 28 heavy (non-hydrogen) atoms. The maximum Gasteiger partial charge on any atom is 0.416 e. The van der Waals surface area contributed by atoms with Crippen LogP contribution in [-0.2, 0) is 16.3 Å². The van der Waals surface area contributed by atoms with Crippen LogP contribution in [0.25, 0.3) is 0 Å². The first kappa shape index (κ1) is 20.5. The lowest BCUT2D eigenvalue weighted by Crippen LogP contribution is -3.15. The van der Waals surface area contributed by atoms with Gasteiger partial charge in [0.2, 0.25) is 0 Å². The molecule has 0 amide bonds. The van der Waals surface area contributed by atoms with Crippen molar-refractivity contribution in [1.82, 2.24) is 0 Å². The Balaban J connectivity index is 1.50. The summed E-state index contributed by atoms with van der Waals surface area (Å²) in [6.07, 6.45) is -4.36. The summed E-state index contributed by atoms with van der Waals surface area (Å²) in [6.45, 7) is 2.83. The SMILES string of the molecule is O=S(=O)(CC[NH+]1CCN(c2cccc(C(F)(F)F)c2)CC1)Oc1ccccc1. The Morgan fingerprint density at radius 1 is 1.00 bits per heavy atom. The maximum atomic E-state index is 12.9. The summed E-state index contributed by atoms with van der Waals surface area (Å²) in [5.74, 6) is 0.174. The Bertz CT molecular complexity index is 881. The second-order valence-electron chi connectivity index (χ2n) is 6.69. The number of rotatable bonds is 6. The van der Waals surface area contributed by atoms with Crippen LogP contribution < -0.4 is 14.0 Å². The number of piperazine rings is 1. The lowest BCUT2D eigenvalue weighted by molar-refractivity contribution is -0.898. The molecule has 1 N–H and O–H groups in total. The number of halogens is 3. The lowest BCUT2D eigenvalue weighted by atomic mass is 10.1. The standard InChI is InChI=1S/C19H21F3N2O3S/c20-19(21,22)16-5-4-6-17(15-16)24-11-9-23(10-12-24)13-14-28(25,26)27-18-7-2-1-3-8-18/h1-8,15H,9-14H2/p+1. The van der Waals surface area contributed by atoms with E-state index in [0.717, 1.165) is 17.0 Å². The van der Waals surface area contributed by atoms with E-state index in [1.807, 2.05) is 4.90 Å². The fraction of sp³-hybridized carbons (Fsp3) is 0.368. The number of quaternary nitrogens is 1. The van der Waals surface area contributed by atoms with Gasteiger partial charge in [0, 0.05) is 5.69 Å². The van der Waals surface area contributed by atoms with Crippen molar-refractivity contribution < 1.29 is 30.7 Å². The average molecular weight is 415 g/mol. The Morgan fingerprint density at radius 3 is 2.32 bits per heavy atom. The van der Waals surface area contributed by atoms with Gasteiger partial charge in [0.15, 0.2) is 0 Å². The van der Waals surface area contributed by atoms with E-state index in [1.165, 1.54) is 6.07 Å². The zero-order valence-electron chi connectivity index (χ0n) is 15.2. The molecule has 152 valence electrons. The van der Waals surface area contributed by atoms with Crippen LogP contribution in [0.4, 0.5) is 18.9 Å². The van der Waals surface area contributed by atoms with Crippen molar-refractivity contribution in [3.63, 3.8) is 0 Å². The van der Waals surface area contributed by atoms with Crippen molar-refractivity contribution in [2.24, 2.45) is 0 Å². The van der Waals surface area contributed by atoms with Gasteiger partial charge in [-0.1, -0.05) is 24.3 Å². The van der Waals surface area contributed by atoms with E-state index in [4.69, 9.17) is 4.18 Å². The highest BCUT2D eigenvalue weighted by atomic mass is 32.2. The molecule has 1 saturated heterocycles. The molecule has 1 fully saturated rings. The molecule has 0 bridgehead atoms. The number of hydrogen-bond acceptors (Lipinski definition) is 4.